The molecule has 6 nitrogen and oxygen atoms in total. The molecule has 0 fully saturated rings. The van der Waals surface area contributed by atoms with Crippen molar-refractivity contribution in [1.82, 2.24) is 5.32 Å². The zero-order chi connectivity index (χ0) is 13.8. The van der Waals surface area contributed by atoms with Crippen LogP contribution in [0.25, 0.3) is 0 Å². The number of ether oxygens (including phenoxy) is 3. The van der Waals surface area contributed by atoms with Gasteiger partial charge in [-0.25, -0.2) is 4.79 Å². The molecule has 0 radical (unpaired) electrons. The summed E-state index contributed by atoms with van der Waals surface area (Å²) in [5.41, 5.74) is 0. The van der Waals surface area contributed by atoms with Crippen LogP contribution in [-0.2, 0) is 9.47 Å². The normalized spacial score (nSPS) is 9.95. The molecule has 0 bridgehead atoms. The first-order valence-electron chi connectivity index (χ1n) is 6.10. The summed E-state index contributed by atoms with van der Waals surface area (Å²) in [6.45, 7) is 1.41. The standard InChI is InChI=1S/C13H19NO5/c15-7-9-17-8-6-14-13(16)19-11-10-18-12-4-2-1-3-5-12/h1-5,15H,6-11H2,(H,14,16). The average Bonchev–Trinajstić information content (AvgIpc) is 2.44. The molecule has 0 heterocycles. The van der Waals surface area contributed by atoms with Gasteiger partial charge in [0.05, 0.1) is 19.8 Å². The lowest BCUT2D eigenvalue weighted by molar-refractivity contribution is 0.0889. The number of benzene rings is 1. The molecule has 6 heteroatoms. The Morgan fingerprint density at radius 2 is 1.89 bits per heavy atom. The highest BCUT2D eigenvalue weighted by atomic mass is 16.6. The minimum absolute atomic E-state index is 0.0265. The number of rotatable bonds is 9. The van der Waals surface area contributed by atoms with Crippen molar-refractivity contribution >= 4 is 6.09 Å². The van der Waals surface area contributed by atoms with E-state index in [1.165, 1.54) is 0 Å². The molecular formula is C13H19NO5. The lowest BCUT2D eigenvalue weighted by atomic mass is 10.3. The number of carbonyl (C=O) groups is 1. The van der Waals surface area contributed by atoms with Crippen molar-refractivity contribution in [1.29, 1.82) is 0 Å². The van der Waals surface area contributed by atoms with E-state index in [9.17, 15) is 4.79 Å². The van der Waals surface area contributed by atoms with Crippen LogP contribution in [0.15, 0.2) is 30.3 Å². The fraction of sp³-hybridized carbons (Fsp3) is 0.462. The third-order valence-electron chi connectivity index (χ3n) is 2.08. The number of carbonyl (C=O) groups excluding carboxylic acids is 1. The van der Waals surface area contributed by atoms with Crippen LogP contribution in [0.2, 0.25) is 0 Å². The second-order valence-corrected chi connectivity index (χ2v) is 3.56. The monoisotopic (exact) mass is 269 g/mol. The molecule has 19 heavy (non-hydrogen) atoms. The lowest BCUT2D eigenvalue weighted by Gasteiger charge is -2.08. The summed E-state index contributed by atoms with van der Waals surface area (Å²) < 4.78 is 15.2. The maximum Gasteiger partial charge on any atom is 0.407 e. The van der Waals surface area contributed by atoms with Crippen molar-refractivity contribution in [3.05, 3.63) is 30.3 Å². The molecule has 0 atom stereocenters. The van der Waals surface area contributed by atoms with Gasteiger partial charge in [-0.05, 0) is 12.1 Å². The van der Waals surface area contributed by atoms with Crippen LogP contribution >= 0.6 is 0 Å². The predicted octanol–water partition coefficient (Wildman–Crippen LogP) is 0.800. The van der Waals surface area contributed by atoms with Crippen LogP contribution in [0.1, 0.15) is 0 Å². The summed E-state index contributed by atoms with van der Waals surface area (Å²) in [6, 6.07) is 9.30. The minimum Gasteiger partial charge on any atom is -0.490 e. The Balaban J connectivity index is 1.95. The van der Waals surface area contributed by atoms with Crippen molar-refractivity contribution < 1.29 is 24.1 Å². The highest BCUT2D eigenvalue weighted by Gasteiger charge is 2.00. The van der Waals surface area contributed by atoms with E-state index in [0.717, 1.165) is 5.75 Å². The molecule has 0 unspecified atom stereocenters. The summed E-state index contributed by atoms with van der Waals surface area (Å²) in [7, 11) is 0. The van der Waals surface area contributed by atoms with Gasteiger partial charge in [0.1, 0.15) is 19.0 Å². The van der Waals surface area contributed by atoms with Gasteiger partial charge in [-0.15, -0.1) is 0 Å². The molecule has 0 aromatic heterocycles. The number of aliphatic hydroxyl groups excluding tert-OH is 1. The quantitative estimate of drug-likeness (QED) is 0.648. The molecule has 1 aromatic carbocycles. The molecule has 1 amide bonds. The van der Waals surface area contributed by atoms with E-state index in [4.69, 9.17) is 19.3 Å². The zero-order valence-electron chi connectivity index (χ0n) is 10.7. The van der Waals surface area contributed by atoms with E-state index in [1.54, 1.807) is 0 Å². The molecule has 0 aliphatic carbocycles. The Morgan fingerprint density at radius 3 is 2.63 bits per heavy atom. The van der Waals surface area contributed by atoms with Crippen molar-refractivity contribution in [2.75, 3.05) is 39.6 Å². The predicted molar refractivity (Wildman–Crippen MR) is 69.2 cm³/mol. The van der Waals surface area contributed by atoms with Crippen LogP contribution < -0.4 is 10.1 Å². The van der Waals surface area contributed by atoms with Gasteiger partial charge in [0.15, 0.2) is 0 Å². The smallest absolute Gasteiger partial charge is 0.407 e. The van der Waals surface area contributed by atoms with E-state index in [0.29, 0.717) is 19.8 Å². The Morgan fingerprint density at radius 1 is 1.11 bits per heavy atom. The second kappa shape index (κ2) is 10.2. The fourth-order valence-corrected chi connectivity index (χ4v) is 1.25. The summed E-state index contributed by atoms with van der Waals surface area (Å²) in [5.74, 6) is 0.740. The molecule has 1 rings (SSSR count). The van der Waals surface area contributed by atoms with Crippen LogP contribution in [0.4, 0.5) is 4.79 Å². The lowest BCUT2D eigenvalue weighted by Crippen LogP contribution is -2.29. The van der Waals surface area contributed by atoms with E-state index in [2.05, 4.69) is 5.32 Å². The summed E-state index contributed by atoms with van der Waals surface area (Å²) in [5, 5.41) is 11.0. The van der Waals surface area contributed by atoms with Gasteiger partial charge in [-0.3, -0.25) is 0 Å². The Bertz CT molecular complexity index is 344. The van der Waals surface area contributed by atoms with E-state index in [1.807, 2.05) is 30.3 Å². The highest BCUT2D eigenvalue weighted by molar-refractivity contribution is 5.67. The van der Waals surface area contributed by atoms with Gasteiger partial charge in [-0.2, -0.15) is 0 Å². The van der Waals surface area contributed by atoms with E-state index < -0.39 is 6.09 Å². The number of alkyl carbamates (subject to hydrolysis) is 1. The number of amides is 1. The summed E-state index contributed by atoms with van der Waals surface area (Å²) in [6.07, 6.45) is -0.510. The number of hydrogen-bond donors (Lipinski definition) is 2. The minimum atomic E-state index is -0.510. The maximum atomic E-state index is 11.2. The second-order valence-electron chi connectivity index (χ2n) is 3.56. The topological polar surface area (TPSA) is 77.0 Å². The van der Waals surface area contributed by atoms with Crippen LogP contribution in [0.5, 0.6) is 5.75 Å². The summed E-state index contributed by atoms with van der Waals surface area (Å²) in [4.78, 5) is 11.2. The molecule has 1 aromatic rings. The SMILES string of the molecule is O=C(NCCOCCO)OCCOc1ccccc1. The first kappa shape index (κ1) is 15.3. The number of hydrogen-bond acceptors (Lipinski definition) is 5. The van der Waals surface area contributed by atoms with Crippen molar-refractivity contribution in [3.63, 3.8) is 0 Å². The largest absolute Gasteiger partial charge is 0.490 e. The molecular weight excluding hydrogens is 250 g/mol. The van der Waals surface area contributed by atoms with Gasteiger partial charge >= 0.3 is 6.09 Å². The first-order valence-corrected chi connectivity index (χ1v) is 6.10. The zero-order valence-corrected chi connectivity index (χ0v) is 10.7. The van der Waals surface area contributed by atoms with E-state index >= 15 is 0 Å². The van der Waals surface area contributed by atoms with Gasteiger partial charge in [0, 0.05) is 6.54 Å². The van der Waals surface area contributed by atoms with Crippen LogP contribution in [0, 0.1) is 0 Å². The van der Waals surface area contributed by atoms with Crippen molar-refractivity contribution in [2.45, 2.75) is 0 Å². The van der Waals surface area contributed by atoms with Crippen LogP contribution in [-0.4, -0.2) is 50.8 Å². The third-order valence-corrected chi connectivity index (χ3v) is 2.08. The van der Waals surface area contributed by atoms with Crippen LogP contribution in [0.3, 0.4) is 0 Å². The molecule has 0 aliphatic heterocycles. The van der Waals surface area contributed by atoms with Gasteiger partial charge in [0.25, 0.3) is 0 Å². The van der Waals surface area contributed by atoms with Crippen molar-refractivity contribution in [2.24, 2.45) is 0 Å². The number of nitrogens with one attached hydrogen (secondary N) is 1. The molecule has 0 saturated heterocycles. The Kier molecular flexibility index (Phi) is 8.17. The molecule has 0 spiro atoms. The Labute approximate surface area is 112 Å². The average molecular weight is 269 g/mol. The number of aliphatic hydroxyl groups is 1. The van der Waals surface area contributed by atoms with Gasteiger partial charge in [0.2, 0.25) is 0 Å². The Hall–Kier alpha value is -1.79. The fourth-order valence-electron chi connectivity index (χ4n) is 1.25. The van der Waals surface area contributed by atoms with Gasteiger partial charge < -0.3 is 24.6 Å². The number of para-hydroxylation sites is 1. The van der Waals surface area contributed by atoms with Gasteiger partial charge in [-0.1, -0.05) is 18.2 Å². The first-order chi connectivity index (χ1) is 9.33. The highest BCUT2D eigenvalue weighted by Crippen LogP contribution is 2.07. The van der Waals surface area contributed by atoms with Crippen molar-refractivity contribution in [3.8, 4) is 5.75 Å². The third kappa shape index (κ3) is 8.01. The summed E-state index contributed by atoms with van der Waals surface area (Å²) >= 11 is 0. The van der Waals surface area contributed by atoms with E-state index in [-0.39, 0.29) is 19.8 Å². The molecule has 2 N–H and O–H groups in total. The maximum absolute atomic E-state index is 11.2. The molecule has 0 aliphatic rings. The molecule has 106 valence electrons. The molecule has 0 saturated carbocycles.